The molecule has 1 atom stereocenters. The highest BCUT2D eigenvalue weighted by molar-refractivity contribution is 8.00. The first kappa shape index (κ1) is 11.7. The predicted octanol–water partition coefficient (Wildman–Crippen LogP) is 1.62. The summed E-state index contributed by atoms with van der Waals surface area (Å²) in [7, 11) is 0. The molecule has 88 valence electrons. The molecular formula is C11H16FN3S. The molecule has 16 heavy (non-hydrogen) atoms. The van der Waals surface area contributed by atoms with Crippen molar-refractivity contribution in [2.45, 2.75) is 18.7 Å². The minimum atomic E-state index is -0.260. The lowest BCUT2D eigenvalue weighted by molar-refractivity contribution is 0.592. The molecule has 2 N–H and O–H groups in total. The third-order valence-corrected chi connectivity index (χ3v) is 3.85. The van der Waals surface area contributed by atoms with Crippen LogP contribution in [0.2, 0.25) is 0 Å². The Labute approximate surface area is 99.2 Å². The lowest BCUT2D eigenvalue weighted by Crippen LogP contribution is -2.37. The lowest BCUT2D eigenvalue weighted by atomic mass is 10.2. The molecule has 1 aromatic rings. The van der Waals surface area contributed by atoms with Gasteiger partial charge in [-0.25, -0.2) is 9.37 Å². The van der Waals surface area contributed by atoms with E-state index >= 15 is 0 Å². The minimum Gasteiger partial charge on any atom is -0.352 e. The van der Waals surface area contributed by atoms with Crippen LogP contribution in [0.25, 0.3) is 0 Å². The summed E-state index contributed by atoms with van der Waals surface area (Å²) in [6.07, 6.45) is 1.63. The van der Waals surface area contributed by atoms with Crippen LogP contribution >= 0.6 is 11.8 Å². The van der Waals surface area contributed by atoms with E-state index in [-0.39, 0.29) is 12.4 Å². The molecule has 0 aromatic carbocycles. The van der Waals surface area contributed by atoms with Crippen LogP contribution in [0.4, 0.5) is 10.2 Å². The van der Waals surface area contributed by atoms with Gasteiger partial charge in [0.15, 0.2) is 11.6 Å². The Bertz CT molecular complexity index is 372. The fourth-order valence-electron chi connectivity index (χ4n) is 1.86. The van der Waals surface area contributed by atoms with Crippen LogP contribution in [0.5, 0.6) is 0 Å². The Morgan fingerprint density at radius 2 is 2.50 bits per heavy atom. The fourth-order valence-corrected chi connectivity index (χ4v) is 2.87. The van der Waals surface area contributed by atoms with Crippen LogP contribution in [0.1, 0.15) is 12.5 Å². The Morgan fingerprint density at radius 1 is 1.69 bits per heavy atom. The standard InChI is InChI=1S/C11H16FN3S/c1-8-7-15(4-5-16-8)11-10(12)9(6-13)2-3-14-11/h2-3,8H,4-7,13H2,1H3. The molecule has 1 aliphatic heterocycles. The summed E-state index contributed by atoms with van der Waals surface area (Å²) in [6, 6.07) is 1.64. The van der Waals surface area contributed by atoms with Gasteiger partial charge >= 0.3 is 0 Å². The third kappa shape index (κ3) is 2.30. The Morgan fingerprint density at radius 3 is 3.19 bits per heavy atom. The summed E-state index contributed by atoms with van der Waals surface area (Å²) in [4.78, 5) is 6.14. The first-order valence-electron chi connectivity index (χ1n) is 5.42. The van der Waals surface area contributed by atoms with Crippen molar-refractivity contribution in [2.24, 2.45) is 5.73 Å². The molecule has 1 unspecified atom stereocenters. The van der Waals surface area contributed by atoms with Gasteiger partial charge in [-0.2, -0.15) is 11.8 Å². The number of aromatic nitrogens is 1. The van der Waals surface area contributed by atoms with E-state index in [0.29, 0.717) is 16.6 Å². The molecule has 2 heterocycles. The first-order valence-corrected chi connectivity index (χ1v) is 6.47. The highest BCUT2D eigenvalue weighted by Gasteiger charge is 2.21. The molecular weight excluding hydrogens is 225 g/mol. The van der Waals surface area contributed by atoms with E-state index in [9.17, 15) is 4.39 Å². The van der Waals surface area contributed by atoms with Gasteiger partial charge in [0.2, 0.25) is 0 Å². The zero-order valence-corrected chi connectivity index (χ0v) is 10.1. The normalized spacial score (nSPS) is 21.2. The van der Waals surface area contributed by atoms with E-state index in [1.165, 1.54) is 0 Å². The molecule has 0 saturated carbocycles. The van der Waals surface area contributed by atoms with E-state index in [1.54, 1.807) is 12.3 Å². The zero-order valence-electron chi connectivity index (χ0n) is 9.32. The molecule has 1 fully saturated rings. The van der Waals surface area contributed by atoms with Crippen molar-refractivity contribution in [3.05, 3.63) is 23.6 Å². The summed E-state index contributed by atoms with van der Waals surface area (Å²) in [6.45, 7) is 4.08. The van der Waals surface area contributed by atoms with Crippen molar-refractivity contribution in [3.63, 3.8) is 0 Å². The molecule has 0 radical (unpaired) electrons. The van der Waals surface area contributed by atoms with Gasteiger partial charge in [-0.05, 0) is 6.07 Å². The topological polar surface area (TPSA) is 42.2 Å². The zero-order chi connectivity index (χ0) is 11.5. The summed E-state index contributed by atoms with van der Waals surface area (Å²) < 4.78 is 14.0. The van der Waals surface area contributed by atoms with Crippen molar-refractivity contribution in [3.8, 4) is 0 Å². The van der Waals surface area contributed by atoms with Gasteiger partial charge in [-0.3, -0.25) is 0 Å². The maximum atomic E-state index is 14.0. The molecule has 2 rings (SSSR count). The molecule has 0 bridgehead atoms. The largest absolute Gasteiger partial charge is 0.352 e. The number of nitrogens with two attached hydrogens (primary N) is 1. The highest BCUT2D eigenvalue weighted by Crippen LogP contribution is 2.25. The van der Waals surface area contributed by atoms with Gasteiger partial charge in [0.05, 0.1) is 0 Å². The maximum absolute atomic E-state index is 14.0. The van der Waals surface area contributed by atoms with Gasteiger partial charge in [-0.1, -0.05) is 6.92 Å². The number of halogens is 1. The average Bonchev–Trinajstić information content (AvgIpc) is 2.29. The van der Waals surface area contributed by atoms with Crippen LogP contribution in [0, 0.1) is 5.82 Å². The fraction of sp³-hybridized carbons (Fsp3) is 0.545. The van der Waals surface area contributed by atoms with E-state index < -0.39 is 0 Å². The van der Waals surface area contributed by atoms with Gasteiger partial charge in [0.25, 0.3) is 0 Å². The van der Waals surface area contributed by atoms with Gasteiger partial charge in [-0.15, -0.1) is 0 Å². The number of rotatable bonds is 2. The molecule has 5 heteroatoms. The van der Waals surface area contributed by atoms with Crippen molar-refractivity contribution >= 4 is 17.6 Å². The number of hydrogen-bond acceptors (Lipinski definition) is 4. The van der Waals surface area contributed by atoms with E-state index in [4.69, 9.17) is 5.73 Å². The van der Waals surface area contributed by atoms with E-state index in [2.05, 4.69) is 11.9 Å². The summed E-state index contributed by atoms with van der Waals surface area (Å²) >= 11 is 1.92. The van der Waals surface area contributed by atoms with Crippen LogP contribution in [0.3, 0.4) is 0 Å². The molecule has 0 spiro atoms. The first-order chi connectivity index (χ1) is 7.72. The van der Waals surface area contributed by atoms with Gasteiger partial charge < -0.3 is 10.6 Å². The molecule has 3 nitrogen and oxygen atoms in total. The molecule has 1 saturated heterocycles. The Kier molecular flexibility index (Phi) is 3.66. The van der Waals surface area contributed by atoms with E-state index in [1.807, 2.05) is 16.7 Å². The van der Waals surface area contributed by atoms with Gasteiger partial charge in [0.1, 0.15) is 0 Å². The van der Waals surface area contributed by atoms with Crippen molar-refractivity contribution in [1.29, 1.82) is 0 Å². The smallest absolute Gasteiger partial charge is 0.170 e. The molecule has 1 aromatic heterocycles. The Balaban J connectivity index is 2.25. The third-order valence-electron chi connectivity index (χ3n) is 2.71. The van der Waals surface area contributed by atoms with Crippen molar-refractivity contribution in [1.82, 2.24) is 4.98 Å². The number of pyridine rings is 1. The maximum Gasteiger partial charge on any atom is 0.170 e. The van der Waals surface area contributed by atoms with Crippen LogP contribution < -0.4 is 10.6 Å². The Hall–Kier alpha value is -0.810. The summed E-state index contributed by atoms with van der Waals surface area (Å²) in [5.41, 5.74) is 6.02. The molecule has 0 aliphatic carbocycles. The second-order valence-electron chi connectivity index (χ2n) is 3.94. The van der Waals surface area contributed by atoms with Crippen LogP contribution in [-0.2, 0) is 6.54 Å². The van der Waals surface area contributed by atoms with Crippen molar-refractivity contribution < 1.29 is 4.39 Å². The predicted molar refractivity (Wildman–Crippen MR) is 66.2 cm³/mol. The monoisotopic (exact) mass is 241 g/mol. The number of hydrogen-bond donors (Lipinski definition) is 1. The summed E-state index contributed by atoms with van der Waals surface area (Å²) in [5, 5.41) is 0.525. The minimum absolute atomic E-state index is 0.222. The van der Waals surface area contributed by atoms with Crippen LogP contribution in [0.15, 0.2) is 12.3 Å². The average molecular weight is 241 g/mol. The van der Waals surface area contributed by atoms with Gasteiger partial charge in [0, 0.05) is 42.4 Å². The second kappa shape index (κ2) is 5.01. The SMILES string of the molecule is CC1CN(c2nccc(CN)c2F)CCS1. The number of thioether (sulfide) groups is 1. The molecule has 1 aliphatic rings. The molecule has 0 amide bonds. The number of nitrogens with zero attached hydrogens (tertiary/aromatic N) is 2. The summed E-state index contributed by atoms with van der Waals surface area (Å²) in [5.74, 6) is 1.22. The highest BCUT2D eigenvalue weighted by atomic mass is 32.2. The number of anilines is 1. The van der Waals surface area contributed by atoms with E-state index in [0.717, 1.165) is 18.8 Å². The lowest BCUT2D eigenvalue weighted by Gasteiger charge is -2.31. The second-order valence-corrected chi connectivity index (χ2v) is 5.49. The van der Waals surface area contributed by atoms with Crippen molar-refractivity contribution in [2.75, 3.05) is 23.7 Å². The van der Waals surface area contributed by atoms with Crippen LogP contribution in [-0.4, -0.2) is 29.1 Å². The quantitative estimate of drug-likeness (QED) is 0.854.